The first-order valence-corrected chi connectivity index (χ1v) is 11.6. The van der Waals surface area contributed by atoms with Gasteiger partial charge in [0.1, 0.15) is 18.7 Å². The minimum Gasteiger partial charge on any atom is -0.390 e. The molecule has 1 unspecified atom stereocenters. The lowest BCUT2D eigenvalue weighted by atomic mass is 10.1. The van der Waals surface area contributed by atoms with Crippen LogP contribution in [0, 0.1) is 0 Å². The number of rotatable bonds is 7. The van der Waals surface area contributed by atoms with Crippen molar-refractivity contribution in [3.05, 3.63) is 48.5 Å². The van der Waals surface area contributed by atoms with Crippen molar-refractivity contribution in [1.82, 2.24) is 19.5 Å². The molecular weight excluding hydrogens is 425 g/mol. The van der Waals surface area contributed by atoms with Crippen LogP contribution < -0.4 is 5.32 Å². The number of anilines is 1. The van der Waals surface area contributed by atoms with Crippen molar-refractivity contribution >= 4 is 30.5 Å². The summed E-state index contributed by atoms with van der Waals surface area (Å²) in [6.07, 6.45) is 0.951. The number of aliphatic hydroxyl groups excluding tert-OH is 1. The molecule has 0 radical (unpaired) electrons. The summed E-state index contributed by atoms with van der Waals surface area (Å²) in [7, 11) is -3.68. The van der Waals surface area contributed by atoms with E-state index in [2.05, 4.69) is 20.3 Å². The number of ether oxygens (including phenoxy) is 1. The smallest absolute Gasteiger partial charge is 0.325 e. The van der Waals surface area contributed by atoms with Crippen LogP contribution in [-0.4, -0.2) is 60.9 Å². The van der Waals surface area contributed by atoms with Gasteiger partial charge < -0.3 is 24.6 Å². The van der Waals surface area contributed by atoms with Crippen molar-refractivity contribution < 1.29 is 28.6 Å². The molecule has 0 saturated carbocycles. The van der Waals surface area contributed by atoms with Crippen LogP contribution in [0.15, 0.2) is 43.0 Å². The van der Waals surface area contributed by atoms with Crippen molar-refractivity contribution in [2.45, 2.75) is 31.3 Å². The van der Waals surface area contributed by atoms with Gasteiger partial charge in [0.05, 0.1) is 25.5 Å². The summed E-state index contributed by atoms with van der Waals surface area (Å²) >= 11 is 0. The lowest BCUT2D eigenvalue weighted by Crippen LogP contribution is -2.25. The predicted octanol–water partition coefficient (Wildman–Crippen LogP) is 1.49. The Labute approximate surface area is 177 Å². The molecule has 0 bridgehead atoms. The molecule has 1 fully saturated rings. The maximum absolute atomic E-state index is 12.4. The van der Waals surface area contributed by atoms with Gasteiger partial charge in [-0.15, -0.1) is 0 Å². The molecule has 3 N–H and O–H groups in total. The van der Waals surface area contributed by atoms with E-state index in [0.29, 0.717) is 11.2 Å². The average Bonchev–Trinajstić information content (AvgIpc) is 3.30. The second-order valence-electron chi connectivity index (χ2n) is 7.29. The zero-order valence-electron chi connectivity index (χ0n) is 16.7. The van der Waals surface area contributed by atoms with Crippen molar-refractivity contribution in [2.24, 2.45) is 0 Å². The number of hydrogen-bond donors (Lipinski definition) is 3. The number of aromatic nitrogens is 4. The Kier molecular flexibility index (Phi) is 6.12. The first-order valence-electron chi connectivity index (χ1n) is 9.60. The molecule has 0 aliphatic carbocycles. The Bertz CT molecular complexity index is 1120. The molecule has 3 heterocycles. The molecule has 31 heavy (non-hydrogen) atoms. The molecule has 2 aromatic heterocycles. The van der Waals surface area contributed by atoms with E-state index in [9.17, 15) is 19.4 Å². The lowest BCUT2D eigenvalue weighted by Gasteiger charge is -2.16. The highest BCUT2D eigenvalue weighted by molar-refractivity contribution is 7.51. The van der Waals surface area contributed by atoms with Gasteiger partial charge in [0.15, 0.2) is 17.0 Å². The Morgan fingerprint density at radius 1 is 1.32 bits per heavy atom. The number of imidazole rings is 1. The van der Waals surface area contributed by atoms with Crippen LogP contribution in [-0.2, 0) is 25.0 Å². The Balaban J connectivity index is 1.49. The monoisotopic (exact) mass is 447 g/mol. The van der Waals surface area contributed by atoms with Crippen LogP contribution in [0.2, 0.25) is 0 Å². The van der Waals surface area contributed by atoms with Crippen molar-refractivity contribution in [1.29, 1.82) is 0 Å². The van der Waals surface area contributed by atoms with Crippen LogP contribution in [0.5, 0.6) is 0 Å². The summed E-state index contributed by atoms with van der Waals surface area (Å²) in [4.78, 5) is 34.4. The van der Waals surface area contributed by atoms with E-state index in [4.69, 9.17) is 9.26 Å². The highest BCUT2D eigenvalue weighted by Gasteiger charge is 2.37. The van der Waals surface area contributed by atoms with Gasteiger partial charge in [-0.05, 0) is 5.56 Å². The van der Waals surface area contributed by atoms with Gasteiger partial charge in [0.2, 0.25) is 5.91 Å². The third kappa shape index (κ3) is 5.15. The summed E-state index contributed by atoms with van der Waals surface area (Å²) in [5.41, 5.74) is 1.68. The molecule has 164 valence electrons. The van der Waals surface area contributed by atoms with Crippen molar-refractivity contribution in [3.63, 3.8) is 0 Å². The van der Waals surface area contributed by atoms with E-state index in [1.165, 1.54) is 12.7 Å². The molecule has 1 aliphatic heterocycles. The minimum absolute atomic E-state index is 0.193. The van der Waals surface area contributed by atoms with Gasteiger partial charge >= 0.3 is 7.60 Å². The number of benzene rings is 1. The van der Waals surface area contributed by atoms with E-state index in [1.807, 2.05) is 30.3 Å². The molecule has 1 amide bonds. The molecule has 12 heteroatoms. The van der Waals surface area contributed by atoms with E-state index in [0.717, 1.165) is 12.2 Å². The molecule has 0 spiro atoms. The molecule has 1 aliphatic rings. The van der Waals surface area contributed by atoms with Gasteiger partial charge in [-0.25, -0.2) is 15.0 Å². The fourth-order valence-corrected chi connectivity index (χ4v) is 3.78. The Hall–Kier alpha value is -2.69. The fraction of sp³-hybridized carbons (Fsp3) is 0.368. The van der Waals surface area contributed by atoms with Gasteiger partial charge in [-0.2, -0.15) is 0 Å². The number of carbonyl (C=O) groups is 1. The maximum atomic E-state index is 12.4. The van der Waals surface area contributed by atoms with E-state index in [-0.39, 0.29) is 31.2 Å². The summed E-state index contributed by atoms with van der Waals surface area (Å²) in [6, 6.07) is 9.33. The normalized spacial score (nSPS) is 23.0. The first kappa shape index (κ1) is 21.5. The summed E-state index contributed by atoms with van der Waals surface area (Å²) < 4.78 is 23.6. The molecule has 3 aromatic rings. The van der Waals surface area contributed by atoms with Gasteiger partial charge in [0.25, 0.3) is 0 Å². The molecule has 4 rings (SSSR count). The standard InChI is InChI=1S/C19H22N5O6P/c1-31(27,28)29-9-14-13(25)8-16(30-14)24-11-22-17-18(20-10-21-19(17)24)23-15(26)7-12-5-3-2-4-6-12/h2-6,10-11,13-14,16,25H,7-9H2,1H3,(H,27,28)(H,20,21,23,26)/t13-,14+,16+/m0/s1. The van der Waals surface area contributed by atoms with Gasteiger partial charge in [-0.3, -0.25) is 13.9 Å². The Morgan fingerprint density at radius 2 is 2.10 bits per heavy atom. The van der Waals surface area contributed by atoms with Crippen LogP contribution >= 0.6 is 7.60 Å². The van der Waals surface area contributed by atoms with Gasteiger partial charge in [-0.1, -0.05) is 30.3 Å². The first-order chi connectivity index (χ1) is 14.8. The average molecular weight is 447 g/mol. The van der Waals surface area contributed by atoms with E-state index >= 15 is 0 Å². The van der Waals surface area contributed by atoms with Crippen LogP contribution in [0.4, 0.5) is 5.82 Å². The SMILES string of the molecule is CP(=O)(O)OC[C@H]1O[C@@H](n2cnc3c(NC(=O)Cc4ccccc4)ncnc32)C[C@@H]1O. The van der Waals surface area contributed by atoms with E-state index < -0.39 is 26.0 Å². The topological polar surface area (TPSA) is 149 Å². The molecule has 1 aromatic carbocycles. The second kappa shape index (κ2) is 8.81. The predicted molar refractivity (Wildman–Crippen MR) is 110 cm³/mol. The zero-order valence-corrected chi connectivity index (χ0v) is 17.6. The molecular formula is C19H22N5O6P. The molecule has 11 nitrogen and oxygen atoms in total. The summed E-state index contributed by atoms with van der Waals surface area (Å²) in [6.45, 7) is 0.851. The molecule has 1 saturated heterocycles. The minimum atomic E-state index is -3.68. The maximum Gasteiger partial charge on any atom is 0.325 e. The number of fused-ring (bicyclic) bond motifs is 1. The summed E-state index contributed by atoms with van der Waals surface area (Å²) in [5.74, 6) is 0.0359. The second-order valence-corrected chi connectivity index (χ2v) is 9.15. The Morgan fingerprint density at radius 3 is 2.84 bits per heavy atom. The number of hydrogen-bond acceptors (Lipinski definition) is 8. The third-order valence-electron chi connectivity index (χ3n) is 4.82. The van der Waals surface area contributed by atoms with Crippen molar-refractivity contribution in [2.75, 3.05) is 18.6 Å². The number of aliphatic hydroxyl groups is 1. The number of nitrogens with zero attached hydrogens (tertiary/aromatic N) is 4. The zero-order chi connectivity index (χ0) is 22.0. The number of carbonyl (C=O) groups excluding carboxylic acids is 1. The third-order valence-corrected chi connectivity index (χ3v) is 5.45. The lowest BCUT2D eigenvalue weighted by molar-refractivity contribution is -0.115. The number of nitrogens with one attached hydrogen (secondary N) is 1. The van der Waals surface area contributed by atoms with E-state index in [1.54, 1.807) is 4.57 Å². The fourth-order valence-electron chi connectivity index (χ4n) is 3.36. The number of amides is 1. The summed E-state index contributed by atoms with van der Waals surface area (Å²) in [5, 5.41) is 13.0. The van der Waals surface area contributed by atoms with Gasteiger partial charge in [0, 0.05) is 13.1 Å². The highest BCUT2D eigenvalue weighted by Crippen LogP contribution is 2.39. The van der Waals surface area contributed by atoms with Crippen molar-refractivity contribution in [3.8, 4) is 0 Å². The van der Waals surface area contributed by atoms with Crippen LogP contribution in [0.3, 0.4) is 0 Å². The quantitative estimate of drug-likeness (QED) is 0.458. The molecule has 4 atom stereocenters. The highest BCUT2D eigenvalue weighted by atomic mass is 31.2. The largest absolute Gasteiger partial charge is 0.390 e. The van der Waals surface area contributed by atoms with Crippen LogP contribution in [0.1, 0.15) is 18.2 Å². The van der Waals surface area contributed by atoms with Crippen LogP contribution in [0.25, 0.3) is 11.2 Å².